The molecule has 1 amide bonds. The normalized spacial score (nSPS) is 15.6. The van der Waals surface area contributed by atoms with Gasteiger partial charge in [-0.2, -0.15) is 13.2 Å². The molecule has 4 nitrogen and oxygen atoms in total. The van der Waals surface area contributed by atoms with Crippen LogP contribution in [-0.4, -0.2) is 28.9 Å². The molecule has 1 fully saturated rings. The summed E-state index contributed by atoms with van der Waals surface area (Å²) in [6, 6.07) is 9.61. The van der Waals surface area contributed by atoms with Gasteiger partial charge in [-0.3, -0.25) is 4.79 Å². The van der Waals surface area contributed by atoms with E-state index in [1.165, 1.54) is 12.1 Å². The highest BCUT2D eigenvalue weighted by Crippen LogP contribution is 2.30. The van der Waals surface area contributed by atoms with Crippen LogP contribution in [0.1, 0.15) is 41.5 Å². The summed E-state index contributed by atoms with van der Waals surface area (Å²) >= 11 is 0. The van der Waals surface area contributed by atoms with Gasteiger partial charge in [0, 0.05) is 13.1 Å². The molecule has 0 aliphatic carbocycles. The smallest absolute Gasteiger partial charge is 0.416 e. The number of likely N-dealkylation sites (tertiary alicyclic amines) is 1. The average molecular weight is 378 g/mol. The number of alkyl halides is 3. The molecule has 1 aliphatic heterocycles. The van der Waals surface area contributed by atoms with E-state index in [1.807, 2.05) is 4.90 Å². The number of amides is 1. The molecule has 1 aromatic carbocycles. The third kappa shape index (κ3) is 4.99. The predicted molar refractivity (Wildman–Crippen MR) is 94.3 cm³/mol. The SMILES string of the molecule is CC1CCN(C(=O)c2cccc(COc3ccc(C(F)(F)F)cc3)n2)CC1. The second-order valence-corrected chi connectivity index (χ2v) is 6.80. The van der Waals surface area contributed by atoms with Crippen molar-refractivity contribution >= 4 is 5.91 Å². The third-order valence-corrected chi connectivity index (χ3v) is 4.67. The van der Waals surface area contributed by atoms with Crippen LogP contribution < -0.4 is 4.74 Å². The Morgan fingerprint density at radius 3 is 2.44 bits per heavy atom. The van der Waals surface area contributed by atoms with Gasteiger partial charge in [0.15, 0.2) is 0 Å². The summed E-state index contributed by atoms with van der Waals surface area (Å²) in [5, 5.41) is 0. The lowest BCUT2D eigenvalue weighted by Crippen LogP contribution is -2.38. The van der Waals surface area contributed by atoms with Gasteiger partial charge in [-0.05, 0) is 55.2 Å². The highest BCUT2D eigenvalue weighted by Gasteiger charge is 2.30. The summed E-state index contributed by atoms with van der Waals surface area (Å²) in [6.07, 6.45) is -2.40. The zero-order valence-electron chi connectivity index (χ0n) is 15.0. The molecule has 144 valence electrons. The number of nitrogens with zero attached hydrogens (tertiary/aromatic N) is 2. The monoisotopic (exact) mass is 378 g/mol. The number of rotatable bonds is 4. The fourth-order valence-corrected chi connectivity index (χ4v) is 2.95. The molecule has 27 heavy (non-hydrogen) atoms. The minimum absolute atomic E-state index is 0.0729. The average Bonchev–Trinajstić information content (AvgIpc) is 2.66. The summed E-state index contributed by atoms with van der Waals surface area (Å²) in [5.74, 6) is 0.843. The Hall–Kier alpha value is -2.57. The van der Waals surface area contributed by atoms with Crippen molar-refractivity contribution in [3.63, 3.8) is 0 Å². The molecule has 7 heteroatoms. The van der Waals surface area contributed by atoms with Gasteiger partial charge in [-0.15, -0.1) is 0 Å². The third-order valence-electron chi connectivity index (χ3n) is 4.67. The van der Waals surface area contributed by atoms with Crippen LogP contribution in [-0.2, 0) is 12.8 Å². The minimum atomic E-state index is -4.37. The van der Waals surface area contributed by atoms with E-state index >= 15 is 0 Å². The number of hydrogen-bond donors (Lipinski definition) is 0. The molecule has 0 unspecified atom stereocenters. The lowest BCUT2D eigenvalue weighted by molar-refractivity contribution is -0.137. The van der Waals surface area contributed by atoms with Crippen molar-refractivity contribution < 1.29 is 22.7 Å². The first kappa shape index (κ1) is 19.2. The largest absolute Gasteiger partial charge is 0.487 e. The fraction of sp³-hybridized carbons (Fsp3) is 0.400. The Kier molecular flexibility index (Phi) is 5.68. The fourth-order valence-electron chi connectivity index (χ4n) is 2.95. The Morgan fingerprint density at radius 1 is 1.15 bits per heavy atom. The van der Waals surface area contributed by atoms with Crippen molar-refractivity contribution in [2.24, 2.45) is 5.92 Å². The van der Waals surface area contributed by atoms with Crippen LogP contribution in [0.15, 0.2) is 42.5 Å². The van der Waals surface area contributed by atoms with E-state index in [9.17, 15) is 18.0 Å². The van der Waals surface area contributed by atoms with Crippen LogP contribution in [0, 0.1) is 5.92 Å². The molecular weight excluding hydrogens is 357 g/mol. The molecule has 0 bridgehead atoms. The van der Waals surface area contributed by atoms with Crippen LogP contribution in [0.25, 0.3) is 0 Å². The standard InChI is InChI=1S/C20H21F3N2O2/c1-14-9-11-25(12-10-14)19(26)18-4-2-3-16(24-18)13-27-17-7-5-15(6-8-17)20(21,22)23/h2-8,14H,9-13H2,1H3. The van der Waals surface area contributed by atoms with E-state index in [4.69, 9.17) is 4.74 Å². The van der Waals surface area contributed by atoms with Crippen molar-refractivity contribution in [1.82, 2.24) is 9.88 Å². The van der Waals surface area contributed by atoms with E-state index in [1.54, 1.807) is 18.2 Å². The van der Waals surface area contributed by atoms with Gasteiger partial charge < -0.3 is 9.64 Å². The molecule has 0 N–H and O–H groups in total. The Labute approximate surface area is 156 Å². The molecule has 0 spiro atoms. The van der Waals surface area contributed by atoms with Gasteiger partial charge in [-0.25, -0.2) is 4.98 Å². The molecule has 1 saturated heterocycles. The van der Waals surface area contributed by atoms with Crippen LogP contribution in [0.2, 0.25) is 0 Å². The number of carbonyl (C=O) groups excluding carboxylic acids is 1. The maximum absolute atomic E-state index is 12.6. The number of benzene rings is 1. The summed E-state index contributed by atoms with van der Waals surface area (Å²) < 4.78 is 43.2. The van der Waals surface area contributed by atoms with Crippen LogP contribution in [0.3, 0.4) is 0 Å². The van der Waals surface area contributed by atoms with E-state index in [0.717, 1.165) is 38.1 Å². The molecule has 3 rings (SSSR count). The van der Waals surface area contributed by atoms with Gasteiger partial charge in [0.05, 0.1) is 11.3 Å². The van der Waals surface area contributed by atoms with Gasteiger partial charge in [0.1, 0.15) is 18.1 Å². The summed E-state index contributed by atoms with van der Waals surface area (Å²) in [6.45, 7) is 3.71. The second kappa shape index (κ2) is 7.98. The first-order valence-corrected chi connectivity index (χ1v) is 8.88. The van der Waals surface area contributed by atoms with Gasteiger partial charge in [-0.1, -0.05) is 13.0 Å². The van der Waals surface area contributed by atoms with E-state index in [0.29, 0.717) is 23.1 Å². The zero-order valence-corrected chi connectivity index (χ0v) is 15.0. The number of hydrogen-bond acceptors (Lipinski definition) is 3. The number of ether oxygens (including phenoxy) is 1. The molecule has 0 atom stereocenters. The minimum Gasteiger partial charge on any atom is -0.487 e. The molecule has 1 aliphatic rings. The number of piperidine rings is 1. The quantitative estimate of drug-likeness (QED) is 0.784. The highest BCUT2D eigenvalue weighted by molar-refractivity contribution is 5.92. The summed E-state index contributed by atoms with van der Waals surface area (Å²) in [5.41, 5.74) is 0.181. The highest BCUT2D eigenvalue weighted by atomic mass is 19.4. The number of halogens is 3. The first-order chi connectivity index (χ1) is 12.8. The second-order valence-electron chi connectivity index (χ2n) is 6.80. The Balaban J connectivity index is 1.61. The zero-order chi connectivity index (χ0) is 19.4. The van der Waals surface area contributed by atoms with Crippen LogP contribution in [0.5, 0.6) is 5.75 Å². The van der Waals surface area contributed by atoms with E-state index in [2.05, 4.69) is 11.9 Å². The predicted octanol–water partition coefficient (Wildman–Crippen LogP) is 4.55. The van der Waals surface area contributed by atoms with Crippen molar-refractivity contribution in [3.05, 3.63) is 59.4 Å². The van der Waals surface area contributed by atoms with Crippen molar-refractivity contribution in [1.29, 1.82) is 0 Å². The van der Waals surface area contributed by atoms with Crippen LogP contribution >= 0.6 is 0 Å². The summed E-state index contributed by atoms with van der Waals surface area (Å²) in [4.78, 5) is 18.7. The Bertz CT molecular complexity index is 783. The number of pyridine rings is 1. The van der Waals surface area contributed by atoms with Gasteiger partial charge in [0.25, 0.3) is 5.91 Å². The number of aromatic nitrogens is 1. The maximum atomic E-state index is 12.6. The molecule has 2 aromatic rings. The van der Waals surface area contributed by atoms with Gasteiger partial charge in [0.2, 0.25) is 0 Å². The Morgan fingerprint density at radius 2 is 1.81 bits per heavy atom. The number of carbonyl (C=O) groups is 1. The van der Waals surface area contributed by atoms with Crippen molar-refractivity contribution in [3.8, 4) is 5.75 Å². The van der Waals surface area contributed by atoms with E-state index < -0.39 is 11.7 Å². The topological polar surface area (TPSA) is 42.4 Å². The first-order valence-electron chi connectivity index (χ1n) is 8.88. The molecule has 0 saturated carbocycles. The van der Waals surface area contributed by atoms with Gasteiger partial charge >= 0.3 is 6.18 Å². The molecule has 2 heterocycles. The lowest BCUT2D eigenvalue weighted by atomic mass is 9.99. The summed E-state index contributed by atoms with van der Waals surface area (Å²) in [7, 11) is 0. The molecule has 0 radical (unpaired) electrons. The lowest BCUT2D eigenvalue weighted by Gasteiger charge is -2.30. The molecular formula is C20H21F3N2O2. The van der Waals surface area contributed by atoms with Crippen molar-refractivity contribution in [2.45, 2.75) is 32.5 Å². The van der Waals surface area contributed by atoms with Crippen molar-refractivity contribution in [2.75, 3.05) is 13.1 Å². The molecule has 1 aromatic heterocycles. The maximum Gasteiger partial charge on any atom is 0.416 e. The van der Waals surface area contributed by atoms with E-state index in [-0.39, 0.29) is 12.5 Å². The van der Waals surface area contributed by atoms with Crippen LogP contribution in [0.4, 0.5) is 13.2 Å².